The first-order valence-electron chi connectivity index (χ1n) is 9.85. The number of carbonyl (C=O) groups excluding carboxylic acids is 1. The van der Waals surface area contributed by atoms with E-state index in [1.165, 1.54) is 18.2 Å². The first kappa shape index (κ1) is 23.2. The number of piperazine rings is 1. The molecule has 1 aliphatic heterocycles. The van der Waals surface area contributed by atoms with Crippen LogP contribution in [0.3, 0.4) is 0 Å². The molecule has 1 aromatic carbocycles. The Morgan fingerprint density at radius 3 is 2.52 bits per heavy atom. The van der Waals surface area contributed by atoms with E-state index in [1.54, 1.807) is 10.8 Å². The summed E-state index contributed by atoms with van der Waals surface area (Å²) in [5.41, 5.74) is -1.07. The second-order valence-electron chi connectivity index (χ2n) is 7.36. The maximum absolute atomic E-state index is 13.1. The van der Waals surface area contributed by atoms with Crippen molar-refractivity contribution in [1.82, 2.24) is 24.1 Å². The van der Waals surface area contributed by atoms with Crippen LogP contribution in [0.2, 0.25) is 0 Å². The lowest BCUT2D eigenvalue weighted by atomic mass is 10.1. The molecule has 1 aliphatic rings. The number of rotatable bonds is 7. The maximum atomic E-state index is 13.1. The zero-order chi connectivity index (χ0) is 22.6. The molecule has 0 bridgehead atoms. The lowest BCUT2D eigenvalue weighted by molar-refractivity contribution is -0.137. The van der Waals surface area contributed by atoms with Gasteiger partial charge in [-0.05, 0) is 31.3 Å². The third-order valence-electron chi connectivity index (χ3n) is 5.09. The number of nitrogens with zero attached hydrogens (tertiary/aromatic N) is 5. The van der Waals surface area contributed by atoms with Crippen LogP contribution >= 0.6 is 12.2 Å². The highest BCUT2D eigenvalue weighted by atomic mass is 32.1. The van der Waals surface area contributed by atoms with Crippen LogP contribution in [0, 0.1) is 11.7 Å². The van der Waals surface area contributed by atoms with Crippen molar-refractivity contribution in [3.63, 3.8) is 0 Å². The first-order chi connectivity index (χ1) is 14.7. The van der Waals surface area contributed by atoms with Crippen molar-refractivity contribution >= 4 is 23.8 Å². The van der Waals surface area contributed by atoms with Crippen LogP contribution in [0.1, 0.15) is 11.4 Å². The van der Waals surface area contributed by atoms with E-state index in [-0.39, 0.29) is 12.2 Å². The van der Waals surface area contributed by atoms with Gasteiger partial charge in [-0.15, -0.1) is 6.58 Å². The van der Waals surface area contributed by atoms with Crippen molar-refractivity contribution in [3.8, 4) is 0 Å². The van der Waals surface area contributed by atoms with Gasteiger partial charge in [-0.3, -0.25) is 14.6 Å². The van der Waals surface area contributed by atoms with Crippen LogP contribution in [-0.4, -0.2) is 62.8 Å². The number of amides is 1. The summed E-state index contributed by atoms with van der Waals surface area (Å²) < 4.78 is 43.6. The zero-order valence-electron chi connectivity index (χ0n) is 17.2. The van der Waals surface area contributed by atoms with Gasteiger partial charge in [-0.2, -0.15) is 18.3 Å². The minimum absolute atomic E-state index is 0.0343. The molecular formula is C20H25F3N6OS. The van der Waals surface area contributed by atoms with E-state index < -0.39 is 17.6 Å². The maximum Gasteiger partial charge on any atom is 0.418 e. The third kappa shape index (κ3) is 5.81. The molecule has 0 unspecified atom stereocenters. The number of carbonyl (C=O) groups is 1. The molecular weight excluding hydrogens is 429 g/mol. The van der Waals surface area contributed by atoms with Gasteiger partial charge in [-0.1, -0.05) is 18.2 Å². The predicted molar refractivity (Wildman–Crippen MR) is 114 cm³/mol. The van der Waals surface area contributed by atoms with Crippen molar-refractivity contribution in [2.75, 3.05) is 38.0 Å². The SMILES string of the molecule is C=CCn1c(C)nn(CN2CCN(CC(=O)Nc3ccccc3C(F)(F)F)CC2)c1=S. The van der Waals surface area contributed by atoms with E-state index in [9.17, 15) is 18.0 Å². The van der Waals surface area contributed by atoms with Crippen LogP contribution in [0.5, 0.6) is 0 Å². The average Bonchev–Trinajstić information content (AvgIpc) is 2.97. The van der Waals surface area contributed by atoms with Crippen molar-refractivity contribution in [1.29, 1.82) is 0 Å². The standard InChI is InChI=1S/C20H25F3N6OS/c1-3-8-28-15(2)25-29(19(28)31)14-27-11-9-26(10-12-27)13-18(30)24-17-7-5-4-6-16(17)20(21,22)23/h3-7H,1,8-14H2,2H3,(H,24,30). The quantitative estimate of drug-likeness (QED) is 0.515. The van der Waals surface area contributed by atoms with E-state index in [4.69, 9.17) is 12.2 Å². The third-order valence-corrected chi connectivity index (χ3v) is 5.52. The van der Waals surface area contributed by atoms with Gasteiger partial charge in [-0.25, -0.2) is 4.68 Å². The Hall–Kier alpha value is -2.50. The summed E-state index contributed by atoms with van der Waals surface area (Å²) in [5, 5.41) is 6.87. The Labute approximate surface area is 183 Å². The number of allylic oxidation sites excluding steroid dienone is 1. The molecule has 7 nitrogen and oxygen atoms in total. The summed E-state index contributed by atoms with van der Waals surface area (Å²) in [7, 11) is 0. The molecule has 2 aromatic rings. The molecule has 0 saturated carbocycles. The monoisotopic (exact) mass is 454 g/mol. The predicted octanol–water partition coefficient (Wildman–Crippen LogP) is 3.14. The van der Waals surface area contributed by atoms with Gasteiger partial charge in [0.15, 0.2) is 4.77 Å². The Morgan fingerprint density at radius 2 is 1.87 bits per heavy atom. The minimum Gasteiger partial charge on any atom is -0.324 e. The number of hydrogen-bond acceptors (Lipinski definition) is 5. The molecule has 1 amide bonds. The molecule has 3 rings (SSSR count). The molecule has 1 saturated heterocycles. The summed E-state index contributed by atoms with van der Waals surface area (Å²) in [6, 6.07) is 4.98. The van der Waals surface area contributed by atoms with Gasteiger partial charge in [0.05, 0.1) is 24.5 Å². The van der Waals surface area contributed by atoms with Crippen LogP contribution < -0.4 is 5.32 Å². The lowest BCUT2D eigenvalue weighted by Crippen LogP contribution is -2.49. The van der Waals surface area contributed by atoms with Crippen molar-refractivity contribution in [2.24, 2.45) is 0 Å². The highest BCUT2D eigenvalue weighted by Gasteiger charge is 2.33. The highest BCUT2D eigenvalue weighted by Crippen LogP contribution is 2.34. The lowest BCUT2D eigenvalue weighted by Gasteiger charge is -2.34. The van der Waals surface area contributed by atoms with Gasteiger partial charge in [0.25, 0.3) is 0 Å². The summed E-state index contributed by atoms with van der Waals surface area (Å²) in [6.07, 6.45) is -2.75. The smallest absolute Gasteiger partial charge is 0.324 e. The summed E-state index contributed by atoms with van der Waals surface area (Å²) in [6.45, 7) is 9.43. The number of benzene rings is 1. The van der Waals surface area contributed by atoms with E-state index in [1.807, 2.05) is 16.4 Å². The summed E-state index contributed by atoms with van der Waals surface area (Å²) >= 11 is 5.47. The number of alkyl halides is 3. The number of aromatic nitrogens is 3. The molecule has 11 heteroatoms. The van der Waals surface area contributed by atoms with Crippen LogP contribution in [-0.2, 0) is 24.2 Å². The number of anilines is 1. The van der Waals surface area contributed by atoms with E-state index >= 15 is 0 Å². The number of halogens is 3. The summed E-state index contributed by atoms with van der Waals surface area (Å²) in [4.78, 5) is 16.4. The van der Waals surface area contributed by atoms with Gasteiger partial charge < -0.3 is 9.88 Å². The fourth-order valence-electron chi connectivity index (χ4n) is 3.49. The van der Waals surface area contributed by atoms with E-state index in [2.05, 4.69) is 21.9 Å². The van der Waals surface area contributed by atoms with Gasteiger partial charge in [0.1, 0.15) is 5.82 Å². The summed E-state index contributed by atoms with van der Waals surface area (Å²) in [5.74, 6) is 0.352. The second kappa shape index (κ2) is 9.75. The molecule has 1 N–H and O–H groups in total. The fourth-order valence-corrected chi connectivity index (χ4v) is 3.80. The average molecular weight is 455 g/mol. The number of aryl methyl sites for hydroxylation is 1. The van der Waals surface area contributed by atoms with Crippen LogP contribution in [0.15, 0.2) is 36.9 Å². The topological polar surface area (TPSA) is 58.3 Å². The molecule has 168 valence electrons. The molecule has 0 atom stereocenters. The molecule has 0 radical (unpaired) electrons. The molecule has 1 aromatic heterocycles. The molecule has 0 spiro atoms. The largest absolute Gasteiger partial charge is 0.418 e. The molecule has 1 fully saturated rings. The van der Waals surface area contributed by atoms with Crippen molar-refractivity contribution in [3.05, 3.63) is 53.1 Å². The van der Waals surface area contributed by atoms with Crippen molar-refractivity contribution < 1.29 is 18.0 Å². The van der Waals surface area contributed by atoms with E-state index in [0.29, 0.717) is 44.2 Å². The number of para-hydroxylation sites is 1. The molecule has 2 heterocycles. The van der Waals surface area contributed by atoms with Crippen LogP contribution in [0.4, 0.5) is 18.9 Å². The van der Waals surface area contributed by atoms with Gasteiger partial charge in [0.2, 0.25) is 5.91 Å². The zero-order valence-corrected chi connectivity index (χ0v) is 18.0. The van der Waals surface area contributed by atoms with Crippen LogP contribution in [0.25, 0.3) is 0 Å². The van der Waals surface area contributed by atoms with Gasteiger partial charge in [0, 0.05) is 32.7 Å². The Bertz CT molecular complexity index is 992. The molecule has 31 heavy (non-hydrogen) atoms. The van der Waals surface area contributed by atoms with E-state index in [0.717, 1.165) is 11.9 Å². The Balaban J connectivity index is 1.52. The fraction of sp³-hybridized carbons (Fsp3) is 0.450. The number of hydrogen-bond donors (Lipinski definition) is 1. The Morgan fingerprint density at radius 1 is 1.23 bits per heavy atom. The second-order valence-corrected chi connectivity index (χ2v) is 7.72. The number of nitrogens with one attached hydrogen (secondary N) is 1. The van der Waals surface area contributed by atoms with Gasteiger partial charge >= 0.3 is 6.18 Å². The molecule has 0 aliphatic carbocycles. The highest BCUT2D eigenvalue weighted by molar-refractivity contribution is 7.71. The Kier molecular flexibility index (Phi) is 7.29. The first-order valence-corrected chi connectivity index (χ1v) is 10.3. The minimum atomic E-state index is -4.52. The van der Waals surface area contributed by atoms with Crippen molar-refractivity contribution in [2.45, 2.75) is 26.3 Å². The normalized spacial score (nSPS) is 15.7.